The van der Waals surface area contributed by atoms with Crippen molar-refractivity contribution in [2.45, 2.75) is 12.7 Å². The fraction of sp³-hybridized carbons (Fsp3) is 0.273. The zero-order valence-electron chi connectivity index (χ0n) is 9.38. The fourth-order valence-corrected chi connectivity index (χ4v) is 3.05. The molecule has 0 amide bonds. The fourth-order valence-electron chi connectivity index (χ4n) is 1.60. The van der Waals surface area contributed by atoms with Crippen LogP contribution < -0.4 is 0 Å². The van der Waals surface area contributed by atoms with Gasteiger partial charge in [0, 0.05) is 10.3 Å². The third-order valence-electron chi connectivity index (χ3n) is 2.30. The minimum Gasteiger partial charge on any atom is -0.361 e. The van der Waals surface area contributed by atoms with Crippen LogP contribution in [-0.2, 0) is 20.1 Å². The summed E-state index contributed by atoms with van der Waals surface area (Å²) in [7, 11) is -3.72. The summed E-state index contributed by atoms with van der Waals surface area (Å²) in [6, 6.07) is 7.11. The number of hydrogen-bond donors (Lipinski definition) is 1. The highest BCUT2D eigenvalue weighted by Gasteiger charge is 2.29. The monoisotopic (exact) mass is 272 g/mol. The van der Waals surface area contributed by atoms with Crippen LogP contribution in [0.25, 0.3) is 10.1 Å². The van der Waals surface area contributed by atoms with E-state index in [1.54, 1.807) is 23.5 Å². The molecule has 2 aromatic rings. The Bertz CT molecular complexity index is 640. The van der Waals surface area contributed by atoms with Gasteiger partial charge in [-0.15, -0.1) is 11.3 Å². The molecule has 17 heavy (non-hydrogen) atoms. The Morgan fingerprint density at radius 2 is 2.06 bits per heavy atom. The predicted molar refractivity (Wildman–Crippen MR) is 67.3 cm³/mol. The average Bonchev–Trinajstić information content (AvgIpc) is 2.59. The van der Waals surface area contributed by atoms with E-state index in [-0.39, 0.29) is 0 Å². The maximum absolute atomic E-state index is 11.1. The van der Waals surface area contributed by atoms with Crippen LogP contribution in [0.3, 0.4) is 0 Å². The van der Waals surface area contributed by atoms with E-state index in [0.717, 1.165) is 16.3 Å². The highest BCUT2D eigenvalue weighted by Crippen LogP contribution is 2.29. The molecule has 0 spiro atoms. The minimum atomic E-state index is -3.72. The lowest BCUT2D eigenvalue weighted by Gasteiger charge is -2.22. The van der Waals surface area contributed by atoms with Gasteiger partial charge in [0.05, 0.1) is 6.26 Å². The summed E-state index contributed by atoms with van der Waals surface area (Å²) in [5, 5.41) is 12.9. The first-order chi connectivity index (χ1) is 7.78. The molecular formula is C11H12O4S2. The van der Waals surface area contributed by atoms with Crippen molar-refractivity contribution in [3.63, 3.8) is 0 Å². The van der Waals surface area contributed by atoms with Crippen molar-refractivity contribution in [3.05, 3.63) is 35.2 Å². The molecule has 0 radical (unpaired) electrons. The molecule has 92 valence electrons. The van der Waals surface area contributed by atoms with Crippen molar-refractivity contribution >= 4 is 31.5 Å². The van der Waals surface area contributed by atoms with Gasteiger partial charge in [-0.05, 0) is 35.9 Å². The Morgan fingerprint density at radius 3 is 2.71 bits per heavy atom. The molecule has 1 aromatic carbocycles. The van der Waals surface area contributed by atoms with E-state index in [4.69, 9.17) is 0 Å². The van der Waals surface area contributed by atoms with E-state index >= 15 is 0 Å². The van der Waals surface area contributed by atoms with E-state index in [9.17, 15) is 13.5 Å². The summed E-state index contributed by atoms with van der Waals surface area (Å²) in [6.07, 6.45) is 0.907. The van der Waals surface area contributed by atoms with E-state index in [2.05, 4.69) is 4.18 Å². The summed E-state index contributed by atoms with van der Waals surface area (Å²) in [5.74, 6) is -1.84. The van der Waals surface area contributed by atoms with Crippen LogP contribution >= 0.6 is 11.3 Å². The quantitative estimate of drug-likeness (QED) is 0.686. The van der Waals surface area contributed by atoms with Gasteiger partial charge in [0.25, 0.3) is 10.1 Å². The summed E-state index contributed by atoms with van der Waals surface area (Å²) < 4.78 is 27.8. The van der Waals surface area contributed by atoms with Crippen molar-refractivity contribution in [3.8, 4) is 0 Å². The van der Waals surface area contributed by atoms with Crippen LogP contribution in [0.4, 0.5) is 0 Å². The molecule has 1 heterocycles. The lowest BCUT2D eigenvalue weighted by molar-refractivity contribution is -0.124. The summed E-state index contributed by atoms with van der Waals surface area (Å²) in [5.41, 5.74) is 0.411. The number of thiophene rings is 1. The topological polar surface area (TPSA) is 63.6 Å². The molecule has 0 bridgehead atoms. The van der Waals surface area contributed by atoms with Gasteiger partial charge in [0.15, 0.2) is 0 Å². The van der Waals surface area contributed by atoms with Gasteiger partial charge in [-0.25, -0.2) is 4.18 Å². The Kier molecular flexibility index (Phi) is 2.99. The normalized spacial score (nSPS) is 15.9. The second-order valence-corrected chi connectivity index (χ2v) is 6.47. The molecule has 0 aliphatic carbocycles. The predicted octanol–water partition coefficient (Wildman–Crippen LogP) is 2.04. The maximum atomic E-state index is 11.1. The standard InChI is InChI=1S/C11H12O4S2/c1-11(12,15-17(2,13)14)9-3-4-10-8(7-9)5-6-16-10/h3-7,12H,1-2H3. The van der Waals surface area contributed by atoms with Gasteiger partial charge in [0.2, 0.25) is 5.79 Å². The zero-order valence-corrected chi connectivity index (χ0v) is 11.0. The molecule has 4 nitrogen and oxygen atoms in total. The SMILES string of the molecule is CC(O)(OS(C)(=O)=O)c1ccc2sccc2c1. The second kappa shape index (κ2) is 4.06. The second-order valence-electron chi connectivity index (χ2n) is 3.94. The highest BCUT2D eigenvalue weighted by atomic mass is 32.2. The summed E-state index contributed by atoms with van der Waals surface area (Å²) in [6.45, 7) is 1.31. The molecule has 2 rings (SSSR count). The Labute approximate surface area is 104 Å². The van der Waals surface area contributed by atoms with Gasteiger partial charge in [-0.1, -0.05) is 6.07 Å². The van der Waals surface area contributed by atoms with E-state index < -0.39 is 15.9 Å². The first-order valence-electron chi connectivity index (χ1n) is 4.89. The van der Waals surface area contributed by atoms with Crippen LogP contribution in [0.5, 0.6) is 0 Å². The third-order valence-corrected chi connectivity index (χ3v) is 3.83. The molecule has 0 saturated carbocycles. The number of hydrogen-bond acceptors (Lipinski definition) is 5. The molecule has 1 aromatic heterocycles. The van der Waals surface area contributed by atoms with Crippen molar-refractivity contribution in [2.75, 3.05) is 6.26 Å². The molecular weight excluding hydrogens is 260 g/mol. The summed E-state index contributed by atoms with van der Waals surface area (Å²) >= 11 is 1.58. The Hall–Kier alpha value is -0.950. The minimum absolute atomic E-state index is 0.411. The molecule has 1 atom stereocenters. The van der Waals surface area contributed by atoms with Crippen molar-refractivity contribution in [2.24, 2.45) is 0 Å². The average molecular weight is 272 g/mol. The van der Waals surface area contributed by atoms with Crippen LogP contribution in [0.2, 0.25) is 0 Å². The maximum Gasteiger partial charge on any atom is 0.267 e. The van der Waals surface area contributed by atoms with Gasteiger partial charge in [0.1, 0.15) is 0 Å². The van der Waals surface area contributed by atoms with Crippen LogP contribution in [-0.4, -0.2) is 19.8 Å². The smallest absolute Gasteiger partial charge is 0.267 e. The lowest BCUT2D eigenvalue weighted by atomic mass is 10.1. The van der Waals surface area contributed by atoms with Gasteiger partial charge >= 0.3 is 0 Å². The highest BCUT2D eigenvalue weighted by molar-refractivity contribution is 7.86. The molecule has 1 unspecified atom stereocenters. The van der Waals surface area contributed by atoms with Crippen LogP contribution in [0.15, 0.2) is 29.6 Å². The van der Waals surface area contributed by atoms with Gasteiger partial charge in [-0.3, -0.25) is 0 Å². The van der Waals surface area contributed by atoms with E-state index in [0.29, 0.717) is 5.56 Å². The van der Waals surface area contributed by atoms with Crippen molar-refractivity contribution < 1.29 is 17.7 Å². The first kappa shape index (κ1) is 12.5. The molecule has 0 fully saturated rings. The molecule has 0 saturated heterocycles. The Balaban J connectivity index is 2.44. The van der Waals surface area contributed by atoms with Gasteiger partial charge < -0.3 is 5.11 Å². The number of fused-ring (bicyclic) bond motifs is 1. The zero-order chi connectivity index (χ0) is 12.7. The van der Waals surface area contributed by atoms with E-state index in [1.807, 2.05) is 17.5 Å². The molecule has 0 aliphatic rings. The molecule has 0 aliphatic heterocycles. The Morgan fingerprint density at radius 1 is 1.35 bits per heavy atom. The number of aliphatic hydroxyl groups is 1. The van der Waals surface area contributed by atoms with Crippen LogP contribution in [0.1, 0.15) is 12.5 Å². The molecule has 6 heteroatoms. The lowest BCUT2D eigenvalue weighted by Crippen LogP contribution is -2.28. The summed E-state index contributed by atoms with van der Waals surface area (Å²) in [4.78, 5) is 0. The van der Waals surface area contributed by atoms with Crippen molar-refractivity contribution in [1.29, 1.82) is 0 Å². The third kappa shape index (κ3) is 2.84. The number of benzene rings is 1. The first-order valence-corrected chi connectivity index (χ1v) is 7.58. The molecule has 1 N–H and O–H groups in total. The van der Waals surface area contributed by atoms with Crippen molar-refractivity contribution in [1.82, 2.24) is 0 Å². The van der Waals surface area contributed by atoms with Crippen LogP contribution in [0, 0.1) is 0 Å². The van der Waals surface area contributed by atoms with Gasteiger partial charge in [-0.2, -0.15) is 8.42 Å². The number of rotatable bonds is 3. The largest absolute Gasteiger partial charge is 0.361 e. The van der Waals surface area contributed by atoms with E-state index in [1.165, 1.54) is 6.92 Å².